The Hall–Kier alpha value is -1.18. The molecule has 2 aliphatic carbocycles. The first-order valence-corrected chi connectivity index (χ1v) is 12.0. The van der Waals surface area contributed by atoms with E-state index in [4.69, 9.17) is 12.2 Å². The maximum Gasteiger partial charge on any atom is 0.243 e. The van der Waals surface area contributed by atoms with Crippen molar-refractivity contribution in [2.75, 3.05) is 18.4 Å². The van der Waals surface area contributed by atoms with Crippen LogP contribution >= 0.6 is 12.2 Å². The summed E-state index contributed by atoms with van der Waals surface area (Å²) < 4.78 is 27.5. The number of hydrogen-bond donors (Lipinski definition) is 2. The number of rotatable bonds is 4. The third-order valence-corrected chi connectivity index (χ3v) is 8.58. The van der Waals surface area contributed by atoms with Crippen LogP contribution in [0.2, 0.25) is 0 Å². The molecule has 2 N–H and O–H groups in total. The van der Waals surface area contributed by atoms with Crippen LogP contribution < -0.4 is 10.6 Å². The van der Waals surface area contributed by atoms with Crippen LogP contribution in [0.3, 0.4) is 0 Å². The first-order valence-electron chi connectivity index (χ1n) is 10.1. The molecule has 0 unspecified atom stereocenters. The number of nitrogens with zero attached hydrogens (tertiary/aromatic N) is 1. The van der Waals surface area contributed by atoms with Crippen molar-refractivity contribution in [2.45, 2.75) is 62.8 Å². The Bertz CT molecular complexity index is 819. The lowest BCUT2D eigenvalue weighted by atomic mass is 9.95. The lowest BCUT2D eigenvalue weighted by Gasteiger charge is -2.27. The van der Waals surface area contributed by atoms with Gasteiger partial charge in [-0.05, 0) is 80.8 Å². The summed E-state index contributed by atoms with van der Waals surface area (Å²) in [4.78, 5) is 0.347. The van der Waals surface area contributed by atoms with Crippen molar-refractivity contribution in [1.82, 2.24) is 9.62 Å². The van der Waals surface area contributed by atoms with Crippen molar-refractivity contribution in [3.8, 4) is 0 Å². The third kappa shape index (κ3) is 4.00. The van der Waals surface area contributed by atoms with Gasteiger partial charge in [-0.15, -0.1) is 0 Å². The first-order chi connectivity index (χ1) is 12.9. The van der Waals surface area contributed by atoms with E-state index in [1.807, 2.05) is 13.0 Å². The highest BCUT2D eigenvalue weighted by molar-refractivity contribution is 7.89. The zero-order valence-electron chi connectivity index (χ0n) is 15.9. The lowest BCUT2D eigenvalue weighted by Crippen LogP contribution is -2.41. The fourth-order valence-corrected chi connectivity index (χ4v) is 6.70. The Morgan fingerprint density at radius 3 is 2.59 bits per heavy atom. The molecule has 4 rings (SSSR count). The summed E-state index contributed by atoms with van der Waals surface area (Å²) in [5, 5.41) is 7.32. The number of fused-ring (bicyclic) bond motifs is 2. The minimum absolute atomic E-state index is 0.347. The van der Waals surface area contributed by atoms with Crippen molar-refractivity contribution in [2.24, 2.45) is 11.8 Å². The predicted molar refractivity (Wildman–Crippen MR) is 112 cm³/mol. The second-order valence-electron chi connectivity index (χ2n) is 8.32. The van der Waals surface area contributed by atoms with Crippen LogP contribution in [0.15, 0.2) is 23.1 Å². The largest absolute Gasteiger partial charge is 0.359 e. The Labute approximate surface area is 168 Å². The summed E-state index contributed by atoms with van der Waals surface area (Å²) in [7, 11) is -3.44. The Balaban J connectivity index is 1.46. The number of thiocarbonyl (C=S) groups is 1. The molecule has 1 aromatic carbocycles. The van der Waals surface area contributed by atoms with Gasteiger partial charge in [0.05, 0.1) is 4.90 Å². The van der Waals surface area contributed by atoms with Crippen molar-refractivity contribution in [1.29, 1.82) is 0 Å². The number of piperidine rings is 1. The number of sulfonamides is 1. The van der Waals surface area contributed by atoms with Gasteiger partial charge in [-0.25, -0.2) is 8.42 Å². The minimum Gasteiger partial charge on any atom is -0.359 e. The average Bonchev–Trinajstić information content (AvgIpc) is 3.27. The molecule has 3 fully saturated rings. The van der Waals surface area contributed by atoms with Crippen LogP contribution in [-0.4, -0.2) is 37.0 Å². The zero-order chi connectivity index (χ0) is 19.0. The summed E-state index contributed by atoms with van der Waals surface area (Å²) >= 11 is 5.53. The van der Waals surface area contributed by atoms with Gasteiger partial charge in [-0.3, -0.25) is 0 Å². The second-order valence-corrected chi connectivity index (χ2v) is 10.7. The van der Waals surface area contributed by atoms with E-state index in [-0.39, 0.29) is 0 Å². The molecule has 3 atom stereocenters. The molecular formula is C20H29N3O2S2. The fourth-order valence-electron chi connectivity index (χ4n) is 4.90. The summed E-state index contributed by atoms with van der Waals surface area (Å²) in [6.07, 6.45) is 8.17. The molecule has 1 aliphatic heterocycles. The van der Waals surface area contributed by atoms with Crippen LogP contribution in [0.25, 0.3) is 0 Å². The van der Waals surface area contributed by atoms with E-state index in [0.717, 1.165) is 42.3 Å². The molecule has 1 heterocycles. The maximum absolute atomic E-state index is 13.0. The highest BCUT2D eigenvalue weighted by Crippen LogP contribution is 2.44. The average molecular weight is 408 g/mol. The quantitative estimate of drug-likeness (QED) is 0.746. The first kappa shape index (κ1) is 19.2. The molecule has 27 heavy (non-hydrogen) atoms. The maximum atomic E-state index is 13.0. The van der Waals surface area contributed by atoms with Crippen LogP contribution in [0.5, 0.6) is 0 Å². The molecule has 0 spiro atoms. The molecule has 2 saturated carbocycles. The number of aryl methyl sites for hydroxylation is 1. The van der Waals surface area contributed by atoms with Crippen LogP contribution in [0.4, 0.5) is 5.69 Å². The van der Waals surface area contributed by atoms with E-state index in [1.54, 1.807) is 16.4 Å². The smallest absolute Gasteiger partial charge is 0.243 e. The van der Waals surface area contributed by atoms with E-state index in [9.17, 15) is 8.42 Å². The molecule has 148 valence electrons. The Kier molecular flexibility index (Phi) is 5.45. The van der Waals surface area contributed by atoms with Gasteiger partial charge < -0.3 is 10.6 Å². The molecule has 0 aromatic heterocycles. The minimum atomic E-state index is -3.44. The van der Waals surface area contributed by atoms with Gasteiger partial charge in [0.25, 0.3) is 0 Å². The van der Waals surface area contributed by atoms with Gasteiger partial charge in [0.15, 0.2) is 5.11 Å². The molecule has 5 nitrogen and oxygen atoms in total. The summed E-state index contributed by atoms with van der Waals surface area (Å²) in [5.41, 5.74) is 1.76. The molecule has 3 aliphatic rings. The standard InChI is InChI=1S/C20H29N3O2S2/c1-14-5-8-17(27(24,25)23-9-3-2-4-10-23)13-18(14)21-20(26)22-19-12-15-6-7-16(19)11-15/h5,8,13,15-16,19H,2-4,6-7,9-12H2,1H3,(H2,21,22,26)/t15-,16-,19+/m1/s1. The van der Waals surface area contributed by atoms with Crippen molar-refractivity contribution < 1.29 is 8.42 Å². The number of nitrogens with one attached hydrogen (secondary N) is 2. The van der Waals surface area contributed by atoms with E-state index >= 15 is 0 Å². The summed E-state index contributed by atoms with van der Waals surface area (Å²) in [6, 6.07) is 5.76. The van der Waals surface area contributed by atoms with Gasteiger partial charge in [0.1, 0.15) is 0 Å². The number of benzene rings is 1. The highest BCUT2D eigenvalue weighted by atomic mass is 32.2. The number of hydrogen-bond acceptors (Lipinski definition) is 3. The van der Waals surface area contributed by atoms with Crippen LogP contribution in [0, 0.1) is 18.8 Å². The fraction of sp³-hybridized carbons (Fsp3) is 0.650. The van der Waals surface area contributed by atoms with Gasteiger partial charge in [-0.1, -0.05) is 18.9 Å². The van der Waals surface area contributed by atoms with E-state index in [2.05, 4.69) is 10.6 Å². The predicted octanol–water partition coefficient (Wildman–Crippen LogP) is 3.64. The molecular weight excluding hydrogens is 378 g/mol. The molecule has 1 saturated heterocycles. The van der Waals surface area contributed by atoms with Crippen molar-refractivity contribution >= 4 is 33.0 Å². The van der Waals surface area contributed by atoms with Crippen LogP contribution in [-0.2, 0) is 10.0 Å². The van der Waals surface area contributed by atoms with Gasteiger partial charge in [0.2, 0.25) is 10.0 Å². The van der Waals surface area contributed by atoms with E-state index < -0.39 is 10.0 Å². The Morgan fingerprint density at radius 2 is 1.93 bits per heavy atom. The lowest BCUT2D eigenvalue weighted by molar-refractivity contribution is 0.346. The summed E-state index contributed by atoms with van der Waals surface area (Å²) in [6.45, 7) is 3.20. The van der Waals surface area contributed by atoms with Gasteiger partial charge >= 0.3 is 0 Å². The second kappa shape index (κ2) is 7.68. The zero-order valence-corrected chi connectivity index (χ0v) is 17.5. The van der Waals surface area contributed by atoms with Gasteiger partial charge in [0, 0.05) is 24.8 Å². The third-order valence-electron chi connectivity index (χ3n) is 6.46. The van der Waals surface area contributed by atoms with Crippen LogP contribution in [0.1, 0.15) is 50.5 Å². The van der Waals surface area contributed by atoms with E-state index in [1.165, 1.54) is 25.7 Å². The van der Waals surface area contributed by atoms with Gasteiger partial charge in [-0.2, -0.15) is 4.31 Å². The Morgan fingerprint density at radius 1 is 1.15 bits per heavy atom. The van der Waals surface area contributed by atoms with E-state index in [0.29, 0.717) is 29.1 Å². The summed E-state index contributed by atoms with van der Waals surface area (Å²) in [5.74, 6) is 1.59. The number of anilines is 1. The molecule has 7 heteroatoms. The van der Waals surface area contributed by atoms with Crippen molar-refractivity contribution in [3.05, 3.63) is 23.8 Å². The normalized spacial score (nSPS) is 28.3. The SMILES string of the molecule is Cc1ccc(S(=O)(=O)N2CCCCC2)cc1NC(=S)N[C@H]1C[C@@H]2CC[C@@H]1C2. The highest BCUT2D eigenvalue weighted by Gasteiger charge is 2.39. The molecule has 2 bridgehead atoms. The molecule has 1 aromatic rings. The van der Waals surface area contributed by atoms with Crippen molar-refractivity contribution in [3.63, 3.8) is 0 Å². The molecule has 0 radical (unpaired) electrons. The monoisotopic (exact) mass is 407 g/mol. The topological polar surface area (TPSA) is 61.4 Å². The molecule has 0 amide bonds.